The van der Waals surface area contributed by atoms with Crippen molar-refractivity contribution in [2.24, 2.45) is 5.41 Å². The zero-order valence-corrected chi connectivity index (χ0v) is 15.8. The Labute approximate surface area is 135 Å². The lowest BCUT2D eigenvalue weighted by Crippen LogP contribution is -2.32. The number of hydrogen-bond acceptors (Lipinski definition) is 3. The van der Waals surface area contributed by atoms with Gasteiger partial charge in [0.1, 0.15) is 0 Å². The Kier molecular flexibility index (Phi) is 6.00. The van der Waals surface area contributed by atoms with E-state index in [2.05, 4.69) is 19.6 Å². The van der Waals surface area contributed by atoms with Gasteiger partial charge in [0.05, 0.1) is 18.3 Å². The lowest BCUT2D eigenvalue weighted by atomic mass is 9.74. The van der Waals surface area contributed by atoms with E-state index in [1.807, 2.05) is 57.2 Å². The molecule has 0 radical (unpaired) electrons. The molecule has 4 heteroatoms. The summed E-state index contributed by atoms with van der Waals surface area (Å²) < 4.78 is 11.0. The molecule has 1 atom stereocenters. The summed E-state index contributed by atoms with van der Waals surface area (Å²) in [6, 6.07) is 10.0. The molecule has 1 unspecified atom stereocenters. The van der Waals surface area contributed by atoms with Gasteiger partial charge in [0.2, 0.25) is 8.32 Å². The van der Waals surface area contributed by atoms with Crippen LogP contribution >= 0.6 is 0 Å². The van der Waals surface area contributed by atoms with Crippen LogP contribution in [0.3, 0.4) is 0 Å². The molecule has 1 rings (SSSR count). The smallest absolute Gasteiger partial charge is 0.312 e. The van der Waals surface area contributed by atoms with E-state index >= 15 is 0 Å². The SMILES string of the molecule is COC(=O)C(C)(C)C(/C=C(/C)O[Si](C)(C)C)c1ccccc1. The van der Waals surface area contributed by atoms with Gasteiger partial charge in [-0.25, -0.2) is 0 Å². The normalized spacial score (nSPS) is 14.4. The number of ether oxygens (including phenoxy) is 1. The molecule has 0 aliphatic heterocycles. The first-order valence-corrected chi connectivity index (χ1v) is 11.0. The second-order valence-electron chi connectivity index (χ2n) is 7.09. The molecule has 1 aromatic carbocycles. The molecular formula is C18H28O3Si. The molecule has 0 bridgehead atoms. The zero-order chi connectivity index (χ0) is 17.0. The highest BCUT2D eigenvalue weighted by molar-refractivity contribution is 6.70. The summed E-state index contributed by atoms with van der Waals surface area (Å²) in [4.78, 5) is 12.2. The van der Waals surface area contributed by atoms with Crippen molar-refractivity contribution in [3.05, 3.63) is 47.7 Å². The van der Waals surface area contributed by atoms with Gasteiger partial charge >= 0.3 is 5.97 Å². The highest BCUT2D eigenvalue weighted by atomic mass is 28.4. The van der Waals surface area contributed by atoms with Gasteiger partial charge in [0, 0.05) is 5.92 Å². The molecule has 0 aromatic heterocycles. The molecule has 0 fully saturated rings. The maximum absolute atomic E-state index is 12.2. The van der Waals surface area contributed by atoms with Crippen LogP contribution in [-0.2, 0) is 14.0 Å². The lowest BCUT2D eigenvalue weighted by molar-refractivity contribution is -0.151. The quantitative estimate of drug-likeness (QED) is 0.432. The molecule has 3 nitrogen and oxygen atoms in total. The van der Waals surface area contributed by atoms with Gasteiger partial charge in [-0.05, 0) is 52.1 Å². The third kappa shape index (κ3) is 5.02. The van der Waals surface area contributed by atoms with E-state index in [0.717, 1.165) is 11.3 Å². The van der Waals surface area contributed by atoms with E-state index < -0.39 is 13.7 Å². The maximum atomic E-state index is 12.2. The summed E-state index contributed by atoms with van der Waals surface area (Å²) in [5.41, 5.74) is 0.414. The van der Waals surface area contributed by atoms with Gasteiger partial charge in [-0.1, -0.05) is 30.3 Å². The van der Waals surface area contributed by atoms with Crippen LogP contribution in [0.4, 0.5) is 0 Å². The Hall–Kier alpha value is -1.55. The largest absolute Gasteiger partial charge is 0.548 e. The van der Waals surface area contributed by atoms with Crippen molar-refractivity contribution in [3.8, 4) is 0 Å². The van der Waals surface area contributed by atoms with E-state index in [9.17, 15) is 4.79 Å². The Balaban J connectivity index is 3.24. The minimum Gasteiger partial charge on any atom is -0.548 e. The van der Waals surface area contributed by atoms with Crippen molar-refractivity contribution in [1.29, 1.82) is 0 Å². The summed E-state index contributed by atoms with van der Waals surface area (Å²) in [7, 11) is -0.235. The number of carbonyl (C=O) groups excluding carboxylic acids is 1. The second-order valence-corrected chi connectivity index (χ2v) is 11.5. The third-order valence-electron chi connectivity index (χ3n) is 3.52. The minimum atomic E-state index is -1.67. The van der Waals surface area contributed by atoms with Gasteiger partial charge in [-0.3, -0.25) is 4.79 Å². The Bertz CT molecular complexity index is 527. The molecule has 1 aromatic rings. The van der Waals surface area contributed by atoms with E-state index in [0.29, 0.717) is 0 Å². The van der Waals surface area contributed by atoms with Crippen LogP contribution < -0.4 is 0 Å². The molecule has 22 heavy (non-hydrogen) atoms. The minimum absolute atomic E-state index is 0.0995. The van der Waals surface area contributed by atoms with Crippen LogP contribution in [0, 0.1) is 5.41 Å². The molecule has 0 aliphatic carbocycles. The van der Waals surface area contributed by atoms with Gasteiger partial charge in [0.15, 0.2) is 0 Å². The second kappa shape index (κ2) is 7.14. The van der Waals surface area contributed by atoms with Crippen LogP contribution in [0.15, 0.2) is 42.2 Å². The van der Waals surface area contributed by atoms with Crippen molar-refractivity contribution in [2.75, 3.05) is 7.11 Å². The first-order valence-electron chi connectivity index (χ1n) is 7.58. The molecule has 0 aliphatic rings. The van der Waals surface area contributed by atoms with E-state index in [1.165, 1.54) is 7.11 Å². The molecule has 0 N–H and O–H groups in total. The molecule has 122 valence electrons. The number of esters is 1. The number of allylic oxidation sites excluding steroid dienone is 2. The van der Waals surface area contributed by atoms with Crippen LogP contribution in [0.2, 0.25) is 19.6 Å². The van der Waals surface area contributed by atoms with Crippen LogP contribution in [-0.4, -0.2) is 21.4 Å². The van der Waals surface area contributed by atoms with Crippen LogP contribution in [0.5, 0.6) is 0 Å². The van der Waals surface area contributed by atoms with Crippen LogP contribution in [0.25, 0.3) is 0 Å². The van der Waals surface area contributed by atoms with Crippen LogP contribution in [0.1, 0.15) is 32.3 Å². The van der Waals surface area contributed by atoms with E-state index in [-0.39, 0.29) is 11.9 Å². The Morgan fingerprint density at radius 2 is 1.73 bits per heavy atom. The molecule has 0 heterocycles. The third-order valence-corrected chi connectivity index (χ3v) is 4.45. The highest BCUT2D eigenvalue weighted by Crippen LogP contribution is 2.38. The van der Waals surface area contributed by atoms with Crippen molar-refractivity contribution in [1.82, 2.24) is 0 Å². The number of benzene rings is 1. The fourth-order valence-corrected chi connectivity index (χ4v) is 3.56. The average molecular weight is 321 g/mol. The summed E-state index contributed by atoms with van der Waals surface area (Å²) >= 11 is 0. The molecular weight excluding hydrogens is 292 g/mol. The molecule has 0 saturated heterocycles. The number of carbonyl (C=O) groups is 1. The highest BCUT2D eigenvalue weighted by Gasteiger charge is 2.38. The van der Waals surface area contributed by atoms with Crippen molar-refractivity contribution < 1.29 is 14.0 Å². The maximum Gasteiger partial charge on any atom is 0.312 e. The van der Waals surface area contributed by atoms with Crippen molar-refractivity contribution in [3.63, 3.8) is 0 Å². The predicted octanol–water partition coefficient (Wildman–Crippen LogP) is 4.72. The lowest BCUT2D eigenvalue weighted by Gasteiger charge is -2.31. The fraction of sp³-hybridized carbons (Fsp3) is 0.500. The molecule has 0 amide bonds. The Morgan fingerprint density at radius 1 is 1.18 bits per heavy atom. The zero-order valence-electron chi connectivity index (χ0n) is 14.8. The molecule has 0 spiro atoms. The number of hydrogen-bond donors (Lipinski definition) is 0. The van der Waals surface area contributed by atoms with Crippen molar-refractivity contribution in [2.45, 2.75) is 46.3 Å². The first kappa shape index (κ1) is 18.5. The fourth-order valence-electron chi connectivity index (χ4n) is 2.52. The van der Waals surface area contributed by atoms with Gasteiger partial charge in [0.25, 0.3) is 0 Å². The average Bonchev–Trinajstić information content (AvgIpc) is 2.42. The Morgan fingerprint density at radius 3 is 2.18 bits per heavy atom. The topological polar surface area (TPSA) is 35.5 Å². The summed E-state index contributed by atoms with van der Waals surface area (Å²) in [5.74, 6) is 0.543. The van der Waals surface area contributed by atoms with Crippen molar-refractivity contribution >= 4 is 14.3 Å². The molecule has 0 saturated carbocycles. The van der Waals surface area contributed by atoms with E-state index in [4.69, 9.17) is 9.16 Å². The van der Waals surface area contributed by atoms with Gasteiger partial charge in [-0.2, -0.15) is 0 Å². The number of methoxy groups -OCH3 is 1. The predicted molar refractivity (Wildman–Crippen MR) is 93.2 cm³/mol. The summed E-state index contributed by atoms with van der Waals surface area (Å²) in [5, 5.41) is 0. The van der Waals surface area contributed by atoms with E-state index in [1.54, 1.807) is 0 Å². The number of rotatable bonds is 6. The monoisotopic (exact) mass is 320 g/mol. The standard InChI is InChI=1S/C18H28O3Si/c1-14(21-22(5,6)7)13-16(15-11-9-8-10-12-15)18(2,3)17(19)20-4/h8-13,16H,1-7H3/b14-13-. The first-order chi connectivity index (χ1) is 10.1. The summed E-state index contributed by atoms with van der Waals surface area (Å²) in [6.07, 6.45) is 2.05. The van der Waals surface area contributed by atoms with Gasteiger partial charge < -0.3 is 9.16 Å². The summed E-state index contributed by atoms with van der Waals surface area (Å²) in [6.45, 7) is 12.2. The van der Waals surface area contributed by atoms with Gasteiger partial charge in [-0.15, -0.1) is 0 Å².